The number of carbonyl (C=O) groups excluding carboxylic acids is 1. The van der Waals surface area contributed by atoms with E-state index in [2.05, 4.69) is 5.32 Å². The zero-order chi connectivity index (χ0) is 12.1. The lowest BCUT2D eigenvalue weighted by atomic mass is 10.2. The molecule has 0 fully saturated rings. The molecule has 0 heterocycles. The Morgan fingerprint density at radius 3 is 2.76 bits per heavy atom. The van der Waals surface area contributed by atoms with E-state index in [1.165, 1.54) is 19.2 Å². The quantitative estimate of drug-likeness (QED) is 0.864. The fraction of sp³-hybridized carbons (Fsp3) is 0.364. The zero-order valence-corrected chi connectivity index (χ0v) is 10.5. The summed E-state index contributed by atoms with van der Waals surface area (Å²) in [6.07, 6.45) is 0. The summed E-state index contributed by atoms with van der Waals surface area (Å²) in [6, 6.07) is 3.76. The average molecular weight is 263 g/mol. The summed E-state index contributed by atoms with van der Waals surface area (Å²) in [7, 11) is 1.44. The molecular formula is C11H16ClFN2O2. The molecule has 0 aliphatic carbocycles. The van der Waals surface area contributed by atoms with Crippen LogP contribution in [-0.4, -0.2) is 25.7 Å². The molecule has 1 aromatic rings. The fourth-order valence-electron chi connectivity index (χ4n) is 1.20. The lowest BCUT2D eigenvalue weighted by Gasteiger charge is -2.11. The second-order valence-electron chi connectivity index (χ2n) is 3.53. The van der Waals surface area contributed by atoms with Crippen molar-refractivity contribution in [2.75, 3.05) is 19.0 Å². The highest BCUT2D eigenvalue weighted by Gasteiger charge is 2.14. The second-order valence-corrected chi connectivity index (χ2v) is 3.53. The maximum atomic E-state index is 13.4. The van der Waals surface area contributed by atoms with Crippen LogP contribution in [0.5, 0.6) is 0 Å². The zero-order valence-electron chi connectivity index (χ0n) is 9.70. The number of methoxy groups -OCH3 is 1. The Morgan fingerprint density at radius 2 is 2.24 bits per heavy atom. The van der Waals surface area contributed by atoms with Gasteiger partial charge >= 0.3 is 0 Å². The minimum absolute atomic E-state index is 0. The normalized spacial score (nSPS) is 11.5. The van der Waals surface area contributed by atoms with Crippen molar-refractivity contribution >= 4 is 24.0 Å². The van der Waals surface area contributed by atoms with Crippen molar-refractivity contribution in [3.63, 3.8) is 0 Å². The van der Waals surface area contributed by atoms with E-state index in [4.69, 9.17) is 10.5 Å². The Kier molecular flexibility index (Phi) is 6.72. The number of carbonyl (C=O) groups is 1. The highest BCUT2D eigenvalue weighted by Crippen LogP contribution is 2.15. The topological polar surface area (TPSA) is 64.3 Å². The molecular weight excluding hydrogens is 247 g/mol. The predicted molar refractivity (Wildman–Crippen MR) is 66.9 cm³/mol. The molecule has 1 rings (SSSR count). The number of anilines is 1. The summed E-state index contributed by atoms with van der Waals surface area (Å²) >= 11 is 0. The van der Waals surface area contributed by atoms with Gasteiger partial charge in [0.1, 0.15) is 11.9 Å². The van der Waals surface area contributed by atoms with Crippen molar-refractivity contribution in [1.29, 1.82) is 0 Å². The molecule has 1 aromatic carbocycles. The van der Waals surface area contributed by atoms with Gasteiger partial charge in [-0.05, 0) is 24.6 Å². The van der Waals surface area contributed by atoms with Gasteiger partial charge in [-0.15, -0.1) is 12.4 Å². The summed E-state index contributed by atoms with van der Waals surface area (Å²) in [5.74, 6) is -0.942. The average Bonchev–Trinajstić information content (AvgIpc) is 2.22. The minimum atomic E-state index is -0.800. The van der Waals surface area contributed by atoms with Gasteiger partial charge in [-0.25, -0.2) is 4.39 Å². The van der Waals surface area contributed by atoms with Crippen LogP contribution < -0.4 is 11.1 Å². The Labute approximate surface area is 106 Å². The summed E-state index contributed by atoms with van der Waals surface area (Å²) in [4.78, 5) is 11.5. The van der Waals surface area contributed by atoms with Crippen molar-refractivity contribution in [1.82, 2.24) is 0 Å². The number of nitrogens with one attached hydrogen (secondary N) is 1. The van der Waals surface area contributed by atoms with Crippen molar-refractivity contribution < 1.29 is 13.9 Å². The lowest BCUT2D eigenvalue weighted by Crippen LogP contribution is -2.39. The first kappa shape index (κ1) is 15.8. The summed E-state index contributed by atoms with van der Waals surface area (Å²) in [5.41, 5.74) is 6.41. The number of benzene rings is 1. The number of nitrogens with two attached hydrogens (primary N) is 1. The predicted octanol–water partition coefficient (Wildman–Crippen LogP) is 1.47. The van der Waals surface area contributed by atoms with Gasteiger partial charge in [-0.3, -0.25) is 4.79 Å². The molecule has 1 atom stereocenters. The van der Waals surface area contributed by atoms with Gasteiger partial charge in [0.2, 0.25) is 5.91 Å². The van der Waals surface area contributed by atoms with Crippen LogP contribution in [0.1, 0.15) is 5.56 Å². The SMILES string of the molecule is COCC(N)C(=O)Nc1ccc(C)cc1F.Cl. The number of hydrogen-bond acceptors (Lipinski definition) is 3. The van der Waals surface area contributed by atoms with E-state index >= 15 is 0 Å². The van der Waals surface area contributed by atoms with Crippen LogP contribution in [0, 0.1) is 12.7 Å². The van der Waals surface area contributed by atoms with Crippen molar-refractivity contribution in [3.05, 3.63) is 29.6 Å². The lowest BCUT2D eigenvalue weighted by molar-refractivity contribution is -0.118. The van der Waals surface area contributed by atoms with E-state index in [1.807, 2.05) is 0 Å². The molecule has 0 radical (unpaired) electrons. The molecule has 96 valence electrons. The summed E-state index contributed by atoms with van der Waals surface area (Å²) < 4.78 is 18.1. The van der Waals surface area contributed by atoms with E-state index < -0.39 is 17.8 Å². The van der Waals surface area contributed by atoms with Gasteiger partial charge in [-0.2, -0.15) is 0 Å². The molecule has 0 saturated carbocycles. The molecule has 1 unspecified atom stereocenters. The van der Waals surface area contributed by atoms with Crippen LogP contribution in [0.4, 0.5) is 10.1 Å². The van der Waals surface area contributed by atoms with Gasteiger partial charge in [0, 0.05) is 7.11 Å². The van der Waals surface area contributed by atoms with E-state index in [1.54, 1.807) is 13.0 Å². The third-order valence-electron chi connectivity index (χ3n) is 2.07. The first-order chi connectivity index (χ1) is 7.54. The highest BCUT2D eigenvalue weighted by atomic mass is 35.5. The molecule has 6 heteroatoms. The van der Waals surface area contributed by atoms with Crippen molar-refractivity contribution in [2.24, 2.45) is 5.73 Å². The molecule has 1 amide bonds. The molecule has 0 aromatic heterocycles. The smallest absolute Gasteiger partial charge is 0.243 e. The number of rotatable bonds is 4. The third-order valence-corrected chi connectivity index (χ3v) is 2.07. The van der Waals surface area contributed by atoms with Gasteiger partial charge in [0.25, 0.3) is 0 Å². The number of aryl methyl sites for hydroxylation is 1. The van der Waals surface area contributed by atoms with E-state index in [9.17, 15) is 9.18 Å². The van der Waals surface area contributed by atoms with Gasteiger partial charge in [-0.1, -0.05) is 6.07 Å². The molecule has 4 nitrogen and oxygen atoms in total. The maximum Gasteiger partial charge on any atom is 0.243 e. The summed E-state index contributed by atoms with van der Waals surface area (Å²) in [6.45, 7) is 1.87. The largest absolute Gasteiger partial charge is 0.383 e. The first-order valence-electron chi connectivity index (χ1n) is 4.86. The monoisotopic (exact) mass is 262 g/mol. The van der Waals surface area contributed by atoms with Crippen LogP contribution in [0.25, 0.3) is 0 Å². The van der Waals surface area contributed by atoms with Crippen LogP contribution in [0.15, 0.2) is 18.2 Å². The maximum absolute atomic E-state index is 13.4. The van der Waals surface area contributed by atoms with Crippen LogP contribution >= 0.6 is 12.4 Å². The Hall–Kier alpha value is -1.17. The molecule has 17 heavy (non-hydrogen) atoms. The number of halogens is 2. The first-order valence-corrected chi connectivity index (χ1v) is 4.86. The number of amides is 1. The summed E-state index contributed by atoms with van der Waals surface area (Å²) in [5, 5.41) is 2.40. The minimum Gasteiger partial charge on any atom is -0.383 e. The highest BCUT2D eigenvalue weighted by molar-refractivity contribution is 5.94. The van der Waals surface area contributed by atoms with E-state index in [0.29, 0.717) is 0 Å². The second kappa shape index (κ2) is 7.21. The van der Waals surface area contributed by atoms with Gasteiger partial charge in [0.15, 0.2) is 0 Å². The Bertz CT molecular complexity index is 388. The van der Waals surface area contributed by atoms with E-state index in [0.717, 1.165) is 5.56 Å². The van der Waals surface area contributed by atoms with Crippen LogP contribution in [-0.2, 0) is 9.53 Å². The third kappa shape index (κ3) is 4.68. The number of ether oxygens (including phenoxy) is 1. The Balaban J connectivity index is 0.00000256. The molecule has 0 saturated heterocycles. The molecule has 0 aliphatic rings. The number of hydrogen-bond donors (Lipinski definition) is 2. The van der Waals surface area contributed by atoms with Crippen LogP contribution in [0.3, 0.4) is 0 Å². The molecule has 0 bridgehead atoms. The Morgan fingerprint density at radius 1 is 1.59 bits per heavy atom. The molecule has 0 spiro atoms. The van der Waals surface area contributed by atoms with Crippen molar-refractivity contribution in [3.8, 4) is 0 Å². The fourth-order valence-corrected chi connectivity index (χ4v) is 1.20. The van der Waals surface area contributed by atoms with Crippen molar-refractivity contribution in [2.45, 2.75) is 13.0 Å². The van der Waals surface area contributed by atoms with E-state index in [-0.39, 0.29) is 24.7 Å². The molecule has 0 aliphatic heterocycles. The van der Waals surface area contributed by atoms with Gasteiger partial charge in [0.05, 0.1) is 12.3 Å². The van der Waals surface area contributed by atoms with Gasteiger partial charge < -0.3 is 15.8 Å². The molecule has 3 N–H and O–H groups in total. The standard InChI is InChI=1S/C11H15FN2O2.ClH/c1-7-3-4-10(8(12)5-7)14-11(15)9(13)6-16-2;/h3-5,9H,6,13H2,1-2H3,(H,14,15);1H. The van der Waals surface area contributed by atoms with Crippen LogP contribution in [0.2, 0.25) is 0 Å².